The fraction of sp³-hybridized carbons (Fsp3) is 0.545. The van der Waals surface area contributed by atoms with E-state index in [0.717, 1.165) is 80.7 Å². The van der Waals surface area contributed by atoms with Crippen molar-refractivity contribution in [3.05, 3.63) is 36.3 Å². The molecule has 0 aromatic carbocycles. The monoisotopic (exact) mass is 379 g/mol. The zero-order valence-corrected chi connectivity index (χ0v) is 16.8. The molecule has 0 radical (unpaired) electrons. The third-order valence-corrected chi connectivity index (χ3v) is 5.97. The van der Waals surface area contributed by atoms with Crippen LogP contribution in [0.25, 0.3) is 11.4 Å². The second-order valence-corrected chi connectivity index (χ2v) is 8.22. The van der Waals surface area contributed by atoms with Crippen LogP contribution in [0.5, 0.6) is 0 Å². The van der Waals surface area contributed by atoms with Crippen LogP contribution >= 0.6 is 0 Å². The molecule has 0 bridgehead atoms. The molecule has 4 rings (SSSR count). The summed E-state index contributed by atoms with van der Waals surface area (Å²) in [6.07, 6.45) is 7.77. The van der Waals surface area contributed by atoms with Crippen molar-refractivity contribution in [2.24, 2.45) is 11.8 Å². The number of rotatable bonds is 3. The van der Waals surface area contributed by atoms with Crippen molar-refractivity contribution in [1.29, 1.82) is 0 Å². The Hall–Kier alpha value is -2.50. The molecule has 6 nitrogen and oxygen atoms in total. The normalized spacial score (nSPS) is 21.0. The van der Waals surface area contributed by atoms with Crippen LogP contribution in [0.3, 0.4) is 0 Å². The first-order chi connectivity index (χ1) is 13.6. The van der Waals surface area contributed by atoms with Gasteiger partial charge in [0.15, 0.2) is 5.82 Å². The van der Waals surface area contributed by atoms with E-state index in [2.05, 4.69) is 26.7 Å². The van der Waals surface area contributed by atoms with Gasteiger partial charge in [0.25, 0.3) is 0 Å². The van der Waals surface area contributed by atoms with Crippen molar-refractivity contribution in [3.8, 4) is 11.4 Å². The van der Waals surface area contributed by atoms with Gasteiger partial charge in [0.2, 0.25) is 5.91 Å². The van der Waals surface area contributed by atoms with Gasteiger partial charge in [-0.05, 0) is 50.7 Å². The zero-order chi connectivity index (χ0) is 19.5. The molecule has 2 aromatic rings. The summed E-state index contributed by atoms with van der Waals surface area (Å²) in [4.78, 5) is 30.9. The van der Waals surface area contributed by atoms with Gasteiger partial charge in [-0.15, -0.1) is 0 Å². The average molecular weight is 380 g/mol. The van der Waals surface area contributed by atoms with Crippen molar-refractivity contribution >= 4 is 11.7 Å². The second-order valence-electron chi connectivity index (χ2n) is 8.22. The topological polar surface area (TPSA) is 62.2 Å². The fourth-order valence-electron chi connectivity index (χ4n) is 4.22. The number of carbonyl (C=O) groups is 1. The molecule has 1 amide bonds. The summed E-state index contributed by atoms with van der Waals surface area (Å²) in [5, 5.41) is 0. The van der Waals surface area contributed by atoms with Crippen molar-refractivity contribution in [3.63, 3.8) is 0 Å². The van der Waals surface area contributed by atoms with Gasteiger partial charge in [-0.3, -0.25) is 9.78 Å². The van der Waals surface area contributed by atoms with Gasteiger partial charge in [0.1, 0.15) is 5.82 Å². The SMILES string of the molecule is Cc1cc(N2CCC[C@H](C(=O)N3CCC(C)CC3)C2)nc(-c2ccncc2)n1. The standard InChI is InChI=1S/C22H29N5O/c1-16-7-12-26(13-8-16)22(28)19-4-3-11-27(15-19)20-14-17(2)24-21(25-20)18-5-9-23-10-6-18/h5-6,9-10,14,16,19H,3-4,7-8,11-13,15H2,1-2H3/t19-/m0/s1. The third kappa shape index (κ3) is 4.16. The number of piperidine rings is 2. The summed E-state index contributed by atoms with van der Waals surface area (Å²) in [7, 11) is 0. The van der Waals surface area contributed by atoms with Gasteiger partial charge in [0.05, 0.1) is 5.92 Å². The third-order valence-electron chi connectivity index (χ3n) is 5.97. The first-order valence-electron chi connectivity index (χ1n) is 10.4. The number of likely N-dealkylation sites (tertiary alicyclic amines) is 1. The summed E-state index contributed by atoms with van der Waals surface area (Å²) in [6.45, 7) is 7.79. The first-order valence-corrected chi connectivity index (χ1v) is 10.4. The van der Waals surface area contributed by atoms with Gasteiger partial charge < -0.3 is 9.80 Å². The van der Waals surface area contributed by atoms with Gasteiger partial charge >= 0.3 is 0 Å². The van der Waals surface area contributed by atoms with Crippen molar-refractivity contribution < 1.29 is 4.79 Å². The van der Waals surface area contributed by atoms with Crippen LogP contribution in [0, 0.1) is 18.8 Å². The Morgan fingerprint density at radius 3 is 2.57 bits per heavy atom. The lowest BCUT2D eigenvalue weighted by Crippen LogP contribution is -2.47. The van der Waals surface area contributed by atoms with E-state index in [-0.39, 0.29) is 5.92 Å². The molecule has 0 aliphatic carbocycles. The Bertz CT molecular complexity index is 817. The second kappa shape index (κ2) is 8.25. The number of pyridine rings is 1. The highest BCUT2D eigenvalue weighted by molar-refractivity contribution is 5.80. The number of aryl methyl sites for hydroxylation is 1. The Morgan fingerprint density at radius 1 is 1.07 bits per heavy atom. The Kier molecular flexibility index (Phi) is 5.55. The van der Waals surface area contributed by atoms with E-state index >= 15 is 0 Å². The number of aromatic nitrogens is 3. The number of nitrogens with zero attached hydrogens (tertiary/aromatic N) is 5. The van der Waals surface area contributed by atoms with Gasteiger partial charge in [-0.1, -0.05) is 6.92 Å². The van der Waals surface area contributed by atoms with Crippen LogP contribution in [-0.4, -0.2) is 51.9 Å². The zero-order valence-electron chi connectivity index (χ0n) is 16.8. The van der Waals surface area contributed by atoms with E-state index in [4.69, 9.17) is 4.98 Å². The molecule has 0 N–H and O–H groups in total. The lowest BCUT2D eigenvalue weighted by molar-refractivity contribution is -0.137. The molecule has 148 valence electrons. The first kappa shape index (κ1) is 18.8. The van der Waals surface area contributed by atoms with E-state index in [1.807, 2.05) is 25.1 Å². The molecular weight excluding hydrogens is 350 g/mol. The summed E-state index contributed by atoms with van der Waals surface area (Å²) >= 11 is 0. The van der Waals surface area contributed by atoms with Crippen molar-refractivity contribution in [1.82, 2.24) is 19.9 Å². The minimum absolute atomic E-state index is 0.0711. The number of hydrogen-bond acceptors (Lipinski definition) is 5. The highest BCUT2D eigenvalue weighted by Crippen LogP contribution is 2.27. The predicted molar refractivity (Wildman–Crippen MR) is 110 cm³/mol. The number of carbonyl (C=O) groups excluding carboxylic acids is 1. The summed E-state index contributed by atoms with van der Waals surface area (Å²) < 4.78 is 0. The van der Waals surface area contributed by atoms with E-state index < -0.39 is 0 Å². The smallest absolute Gasteiger partial charge is 0.227 e. The van der Waals surface area contributed by atoms with E-state index in [0.29, 0.717) is 5.91 Å². The van der Waals surface area contributed by atoms with Crippen LogP contribution in [-0.2, 0) is 4.79 Å². The quantitative estimate of drug-likeness (QED) is 0.819. The summed E-state index contributed by atoms with van der Waals surface area (Å²) in [5.74, 6) is 2.78. The van der Waals surface area contributed by atoms with Crippen LogP contribution in [0.1, 0.15) is 38.3 Å². The number of amides is 1. The van der Waals surface area contributed by atoms with Gasteiger partial charge in [0, 0.05) is 55.9 Å². The highest BCUT2D eigenvalue weighted by atomic mass is 16.2. The minimum Gasteiger partial charge on any atom is -0.356 e. The largest absolute Gasteiger partial charge is 0.356 e. The number of hydrogen-bond donors (Lipinski definition) is 0. The van der Waals surface area contributed by atoms with Crippen LogP contribution in [0.2, 0.25) is 0 Å². The van der Waals surface area contributed by atoms with E-state index in [9.17, 15) is 4.79 Å². The predicted octanol–water partition coefficient (Wildman–Crippen LogP) is 3.32. The Balaban J connectivity index is 1.50. The maximum absolute atomic E-state index is 13.1. The van der Waals surface area contributed by atoms with Crippen molar-refractivity contribution in [2.75, 3.05) is 31.1 Å². The van der Waals surface area contributed by atoms with Crippen LogP contribution in [0.4, 0.5) is 5.82 Å². The van der Waals surface area contributed by atoms with Crippen LogP contribution in [0.15, 0.2) is 30.6 Å². The average Bonchev–Trinajstić information content (AvgIpc) is 2.74. The maximum atomic E-state index is 13.1. The Labute approximate surface area is 167 Å². The fourth-order valence-corrected chi connectivity index (χ4v) is 4.22. The molecule has 28 heavy (non-hydrogen) atoms. The van der Waals surface area contributed by atoms with Gasteiger partial charge in [-0.2, -0.15) is 0 Å². The van der Waals surface area contributed by atoms with E-state index in [1.165, 1.54) is 0 Å². The molecule has 2 aromatic heterocycles. The minimum atomic E-state index is 0.0711. The molecule has 0 unspecified atom stereocenters. The Morgan fingerprint density at radius 2 is 1.82 bits per heavy atom. The molecule has 6 heteroatoms. The molecule has 2 saturated heterocycles. The van der Waals surface area contributed by atoms with E-state index in [1.54, 1.807) is 12.4 Å². The molecule has 0 saturated carbocycles. The molecule has 2 aliphatic rings. The van der Waals surface area contributed by atoms with Gasteiger partial charge in [-0.25, -0.2) is 9.97 Å². The lowest BCUT2D eigenvalue weighted by Gasteiger charge is -2.37. The molecule has 1 atom stereocenters. The summed E-state index contributed by atoms with van der Waals surface area (Å²) in [6, 6.07) is 5.89. The highest BCUT2D eigenvalue weighted by Gasteiger charge is 2.31. The molecule has 4 heterocycles. The lowest BCUT2D eigenvalue weighted by atomic mass is 9.93. The molecule has 2 fully saturated rings. The summed E-state index contributed by atoms with van der Waals surface area (Å²) in [5.41, 5.74) is 1.90. The molecule has 2 aliphatic heterocycles. The molecule has 0 spiro atoms. The van der Waals surface area contributed by atoms with Crippen molar-refractivity contribution in [2.45, 2.75) is 39.5 Å². The number of anilines is 1. The molecular formula is C22H29N5O. The van der Waals surface area contributed by atoms with Crippen LogP contribution < -0.4 is 4.90 Å². The maximum Gasteiger partial charge on any atom is 0.227 e.